The Hall–Kier alpha value is -3.64. The maximum absolute atomic E-state index is 3.94. The number of hydrogen-bond donors (Lipinski definition) is 0. The second kappa shape index (κ2) is 7.46. The normalized spacial score (nSPS) is 14.5. The number of hydrogen-bond acceptors (Lipinski definition) is 0. The van der Waals surface area contributed by atoms with Crippen LogP contribution in [0.25, 0.3) is 27.8 Å². The molecule has 0 unspecified atom stereocenters. The van der Waals surface area contributed by atoms with Crippen molar-refractivity contribution in [1.29, 1.82) is 0 Å². The summed E-state index contributed by atoms with van der Waals surface area (Å²) in [7, 11) is 0. The van der Waals surface area contributed by atoms with Gasteiger partial charge in [0.1, 0.15) is 0 Å². The minimum Gasteiger partial charge on any atom is -0.0991 e. The van der Waals surface area contributed by atoms with Crippen LogP contribution in [0.2, 0.25) is 0 Å². The largest absolute Gasteiger partial charge is 0.0991 e. The number of rotatable bonds is 4. The van der Waals surface area contributed by atoms with Crippen molar-refractivity contribution in [3.63, 3.8) is 0 Å². The monoisotopic (exact) mass is 424 g/mol. The first-order valence-corrected chi connectivity index (χ1v) is 12.0. The average Bonchev–Trinajstić information content (AvgIpc) is 3.32. The van der Waals surface area contributed by atoms with E-state index >= 15 is 0 Å². The third kappa shape index (κ3) is 2.58. The van der Waals surface area contributed by atoms with E-state index in [0.717, 1.165) is 12.8 Å². The third-order valence-corrected chi connectivity index (χ3v) is 7.52. The minimum atomic E-state index is -0.272. The zero-order valence-corrected chi connectivity index (χ0v) is 19.4. The van der Waals surface area contributed by atoms with Gasteiger partial charge in [0, 0.05) is 0 Å². The van der Waals surface area contributed by atoms with Gasteiger partial charge in [-0.25, -0.2) is 0 Å². The maximum Gasteiger partial charge on any atom is 0.0725 e. The zero-order valence-electron chi connectivity index (χ0n) is 19.4. The van der Waals surface area contributed by atoms with Gasteiger partial charge in [-0.2, -0.15) is 0 Å². The predicted octanol–water partition coefficient (Wildman–Crippen LogP) is 8.57. The van der Waals surface area contributed by atoms with Crippen LogP contribution >= 0.6 is 0 Å². The summed E-state index contributed by atoms with van der Waals surface area (Å²) >= 11 is 0. The van der Waals surface area contributed by atoms with Gasteiger partial charge in [-0.15, -0.1) is 0 Å². The van der Waals surface area contributed by atoms with E-state index in [1.54, 1.807) is 0 Å². The molecule has 0 bridgehead atoms. The maximum atomic E-state index is 3.94. The van der Waals surface area contributed by atoms with Crippen LogP contribution in [0.3, 0.4) is 0 Å². The molecule has 0 saturated carbocycles. The van der Waals surface area contributed by atoms with Crippen molar-refractivity contribution in [2.75, 3.05) is 0 Å². The Morgan fingerprint density at radius 1 is 0.758 bits per heavy atom. The van der Waals surface area contributed by atoms with Crippen molar-refractivity contribution in [3.8, 4) is 22.3 Å². The summed E-state index contributed by atoms with van der Waals surface area (Å²) in [6.45, 7) is 8.42. The van der Waals surface area contributed by atoms with Crippen LogP contribution in [0.1, 0.15) is 53.6 Å². The molecule has 4 aromatic rings. The van der Waals surface area contributed by atoms with Crippen molar-refractivity contribution in [1.82, 2.24) is 0 Å². The number of allylic oxidation sites excluding steroid dienone is 3. The molecule has 4 aromatic carbocycles. The quantitative estimate of drug-likeness (QED) is 0.249. The van der Waals surface area contributed by atoms with Crippen LogP contribution in [-0.4, -0.2) is 0 Å². The molecule has 33 heavy (non-hydrogen) atoms. The molecule has 0 aliphatic heterocycles. The Morgan fingerprint density at radius 3 is 1.88 bits per heavy atom. The van der Waals surface area contributed by atoms with Crippen LogP contribution in [0.5, 0.6) is 0 Å². The molecule has 6 rings (SSSR count). The van der Waals surface area contributed by atoms with Gasteiger partial charge in [-0.05, 0) is 80.6 Å². The van der Waals surface area contributed by atoms with Crippen LogP contribution in [0, 0.1) is 0 Å². The summed E-state index contributed by atoms with van der Waals surface area (Å²) in [6.07, 6.45) is 6.23. The van der Waals surface area contributed by atoms with Gasteiger partial charge in [0.15, 0.2) is 0 Å². The Kier molecular flexibility index (Phi) is 4.52. The minimum absolute atomic E-state index is 0.272. The molecule has 0 radical (unpaired) electrons. The molecular weight excluding hydrogens is 396 g/mol. The highest BCUT2D eigenvalue weighted by Gasteiger charge is 2.52. The molecule has 1 spiro atoms. The van der Waals surface area contributed by atoms with Gasteiger partial charge in [0.05, 0.1) is 5.41 Å². The fraction of sp³-hybridized carbons (Fsp3) is 0.152. The number of benzene rings is 4. The fourth-order valence-corrected chi connectivity index (χ4v) is 6.27. The van der Waals surface area contributed by atoms with Crippen LogP contribution < -0.4 is 0 Å². The first-order chi connectivity index (χ1) is 16.2. The van der Waals surface area contributed by atoms with Crippen LogP contribution in [0.15, 0.2) is 104 Å². The van der Waals surface area contributed by atoms with Crippen LogP contribution in [0.4, 0.5) is 0 Å². The Bertz CT molecular complexity index is 1400. The molecule has 0 saturated heterocycles. The second-order valence-corrected chi connectivity index (χ2v) is 9.28. The standard InChI is InChI=1S/C33H28/c1-4-12-22(3)24-20-23(13-5-2)32-27-16-8-11-19-30(27)33(31(32)21-24)28-17-9-6-14-25(28)26-15-7-10-18-29(26)33/h4,6-12,14-21H,1,5,13H2,2-3H3. The van der Waals surface area contributed by atoms with Crippen molar-refractivity contribution in [2.24, 2.45) is 0 Å². The Labute approximate surface area is 196 Å². The zero-order chi connectivity index (χ0) is 22.6. The lowest BCUT2D eigenvalue weighted by atomic mass is 9.70. The summed E-state index contributed by atoms with van der Waals surface area (Å²) in [4.78, 5) is 0. The van der Waals surface area contributed by atoms with E-state index in [0.29, 0.717) is 0 Å². The summed E-state index contributed by atoms with van der Waals surface area (Å²) < 4.78 is 0. The Balaban J connectivity index is 1.81. The highest BCUT2D eigenvalue weighted by atomic mass is 14.5. The smallest absolute Gasteiger partial charge is 0.0725 e. The van der Waals surface area contributed by atoms with Crippen molar-refractivity contribution in [3.05, 3.63) is 137 Å². The van der Waals surface area contributed by atoms with Gasteiger partial charge < -0.3 is 0 Å². The van der Waals surface area contributed by atoms with Crippen molar-refractivity contribution in [2.45, 2.75) is 32.1 Å². The molecule has 2 aliphatic rings. The van der Waals surface area contributed by atoms with E-state index in [4.69, 9.17) is 0 Å². The summed E-state index contributed by atoms with van der Waals surface area (Å²) in [5.41, 5.74) is 14.9. The molecule has 0 amide bonds. The predicted molar refractivity (Wildman–Crippen MR) is 141 cm³/mol. The Morgan fingerprint density at radius 2 is 1.30 bits per heavy atom. The summed E-state index contributed by atoms with van der Waals surface area (Å²) in [6, 6.07) is 32.0. The van der Waals surface area contributed by atoms with E-state index in [-0.39, 0.29) is 5.41 Å². The molecule has 160 valence electrons. The van der Waals surface area contributed by atoms with Gasteiger partial charge in [-0.1, -0.05) is 111 Å². The molecule has 0 fully saturated rings. The molecule has 0 heteroatoms. The van der Waals surface area contributed by atoms with Gasteiger partial charge in [0.25, 0.3) is 0 Å². The number of aryl methyl sites for hydroxylation is 1. The van der Waals surface area contributed by atoms with E-state index < -0.39 is 0 Å². The molecule has 0 aromatic heterocycles. The molecule has 0 heterocycles. The summed E-state index contributed by atoms with van der Waals surface area (Å²) in [5, 5.41) is 0. The molecule has 0 atom stereocenters. The first-order valence-electron chi connectivity index (χ1n) is 12.0. The molecule has 0 N–H and O–H groups in total. The SMILES string of the molecule is C=CC=C(C)c1cc(CCC)c2c(c1)C1(c3ccccc3-c3ccccc31)c1ccccc1-2. The first kappa shape index (κ1) is 20.0. The molecule has 0 nitrogen and oxygen atoms in total. The lowest BCUT2D eigenvalue weighted by molar-refractivity contribution is 0.791. The van der Waals surface area contributed by atoms with E-state index in [1.807, 2.05) is 6.08 Å². The lowest BCUT2D eigenvalue weighted by Crippen LogP contribution is -2.26. The van der Waals surface area contributed by atoms with Crippen molar-refractivity contribution >= 4 is 5.57 Å². The second-order valence-electron chi connectivity index (χ2n) is 9.28. The van der Waals surface area contributed by atoms with Gasteiger partial charge >= 0.3 is 0 Å². The average molecular weight is 425 g/mol. The third-order valence-electron chi connectivity index (χ3n) is 7.52. The van der Waals surface area contributed by atoms with Crippen LogP contribution in [-0.2, 0) is 11.8 Å². The highest BCUT2D eigenvalue weighted by molar-refractivity contribution is 5.96. The molecule has 2 aliphatic carbocycles. The fourth-order valence-electron chi connectivity index (χ4n) is 6.27. The van der Waals surface area contributed by atoms with E-state index in [9.17, 15) is 0 Å². The topological polar surface area (TPSA) is 0 Å². The summed E-state index contributed by atoms with van der Waals surface area (Å²) in [5.74, 6) is 0. The van der Waals surface area contributed by atoms with E-state index in [2.05, 4.69) is 111 Å². The highest BCUT2D eigenvalue weighted by Crippen LogP contribution is 2.63. The lowest BCUT2D eigenvalue weighted by Gasteiger charge is -2.31. The molecular formula is C33H28. The van der Waals surface area contributed by atoms with Crippen molar-refractivity contribution < 1.29 is 0 Å². The van der Waals surface area contributed by atoms with Gasteiger partial charge in [0.2, 0.25) is 0 Å². The van der Waals surface area contributed by atoms with E-state index in [1.165, 1.54) is 61.2 Å². The van der Waals surface area contributed by atoms with Gasteiger partial charge in [-0.3, -0.25) is 0 Å². The number of fused-ring (bicyclic) bond motifs is 10.